The normalized spacial score (nSPS) is 14.8. The van der Waals surface area contributed by atoms with E-state index in [0.717, 1.165) is 36.1 Å². The second-order valence-electron chi connectivity index (χ2n) is 6.23. The van der Waals surface area contributed by atoms with Crippen molar-refractivity contribution in [3.8, 4) is 0 Å². The zero-order valence-electron chi connectivity index (χ0n) is 13.2. The first-order valence-electron chi connectivity index (χ1n) is 7.85. The Morgan fingerprint density at radius 1 is 1.08 bits per heavy atom. The Morgan fingerprint density at radius 3 is 2.67 bits per heavy atom. The van der Waals surface area contributed by atoms with Gasteiger partial charge in [-0.1, -0.05) is 29.3 Å². The molecule has 2 heterocycles. The van der Waals surface area contributed by atoms with Gasteiger partial charge in [-0.15, -0.1) is 0 Å². The van der Waals surface area contributed by atoms with Gasteiger partial charge >= 0.3 is 0 Å². The summed E-state index contributed by atoms with van der Waals surface area (Å²) in [7, 11) is 2.09. The SMILES string of the molecule is CN1CCc2c(c3cc(Cl)ccc3n2C(=O)c2cccc(Cl)c2)C1. The smallest absolute Gasteiger partial charge is 0.262 e. The lowest BCUT2D eigenvalue weighted by Crippen LogP contribution is -2.28. The van der Waals surface area contributed by atoms with Crippen molar-refractivity contribution in [2.75, 3.05) is 13.6 Å². The molecule has 1 aliphatic heterocycles. The third-order valence-corrected chi connectivity index (χ3v) is 5.05. The summed E-state index contributed by atoms with van der Waals surface area (Å²) in [5, 5.41) is 2.30. The van der Waals surface area contributed by atoms with Gasteiger partial charge in [-0.25, -0.2) is 0 Å². The summed E-state index contributed by atoms with van der Waals surface area (Å²) in [6, 6.07) is 12.8. The molecule has 4 rings (SSSR count). The monoisotopic (exact) mass is 358 g/mol. The maximum absolute atomic E-state index is 13.2. The quantitative estimate of drug-likeness (QED) is 0.633. The molecule has 1 aliphatic rings. The van der Waals surface area contributed by atoms with E-state index in [2.05, 4.69) is 11.9 Å². The third kappa shape index (κ3) is 2.53. The van der Waals surface area contributed by atoms with Gasteiger partial charge in [0.2, 0.25) is 0 Å². The van der Waals surface area contributed by atoms with Crippen LogP contribution >= 0.6 is 23.2 Å². The number of hydrogen-bond donors (Lipinski definition) is 0. The van der Waals surface area contributed by atoms with Gasteiger partial charge in [0.05, 0.1) is 5.52 Å². The summed E-state index contributed by atoms with van der Waals surface area (Å²) in [4.78, 5) is 15.4. The van der Waals surface area contributed by atoms with Crippen LogP contribution in [-0.2, 0) is 13.0 Å². The maximum Gasteiger partial charge on any atom is 0.262 e. The lowest BCUT2D eigenvalue weighted by molar-refractivity contribution is 0.0960. The zero-order chi connectivity index (χ0) is 16.8. The van der Waals surface area contributed by atoms with E-state index in [9.17, 15) is 4.79 Å². The molecule has 0 fully saturated rings. The first-order valence-corrected chi connectivity index (χ1v) is 8.61. The van der Waals surface area contributed by atoms with E-state index in [0.29, 0.717) is 15.6 Å². The van der Waals surface area contributed by atoms with Gasteiger partial charge in [-0.3, -0.25) is 9.36 Å². The molecule has 1 aromatic heterocycles. The van der Waals surface area contributed by atoms with Crippen LogP contribution < -0.4 is 0 Å². The molecule has 24 heavy (non-hydrogen) atoms. The lowest BCUT2D eigenvalue weighted by atomic mass is 10.1. The number of nitrogens with zero attached hydrogens (tertiary/aromatic N) is 2. The molecule has 0 spiro atoms. The van der Waals surface area contributed by atoms with Crippen molar-refractivity contribution >= 4 is 40.0 Å². The number of carbonyl (C=O) groups is 1. The van der Waals surface area contributed by atoms with Gasteiger partial charge in [0.25, 0.3) is 5.91 Å². The van der Waals surface area contributed by atoms with E-state index < -0.39 is 0 Å². The molecule has 0 unspecified atom stereocenters. The van der Waals surface area contributed by atoms with E-state index in [-0.39, 0.29) is 5.91 Å². The lowest BCUT2D eigenvalue weighted by Gasteiger charge is -2.23. The molecule has 0 amide bonds. The van der Waals surface area contributed by atoms with E-state index in [1.54, 1.807) is 24.3 Å². The average Bonchev–Trinajstić information content (AvgIpc) is 2.87. The number of benzene rings is 2. The fourth-order valence-corrected chi connectivity index (χ4v) is 3.81. The topological polar surface area (TPSA) is 25.2 Å². The molecule has 3 aromatic rings. The molecule has 3 nitrogen and oxygen atoms in total. The molecule has 0 N–H and O–H groups in total. The van der Waals surface area contributed by atoms with Crippen molar-refractivity contribution in [3.05, 3.63) is 69.3 Å². The second kappa shape index (κ2) is 5.92. The second-order valence-corrected chi connectivity index (χ2v) is 7.10. The average molecular weight is 359 g/mol. The fraction of sp³-hybridized carbons (Fsp3) is 0.211. The highest BCUT2D eigenvalue weighted by Crippen LogP contribution is 2.33. The minimum Gasteiger partial charge on any atom is -0.302 e. The molecule has 0 atom stereocenters. The van der Waals surface area contributed by atoms with Gasteiger partial charge in [0.1, 0.15) is 0 Å². The summed E-state index contributed by atoms with van der Waals surface area (Å²) in [6.07, 6.45) is 0.838. The number of carbonyl (C=O) groups excluding carboxylic acids is 1. The molecule has 0 radical (unpaired) electrons. The minimum atomic E-state index is -0.0457. The van der Waals surface area contributed by atoms with E-state index in [1.165, 1.54) is 5.56 Å². The molecule has 2 aromatic carbocycles. The van der Waals surface area contributed by atoms with Crippen LogP contribution in [0.4, 0.5) is 0 Å². The van der Waals surface area contributed by atoms with Crippen molar-refractivity contribution in [3.63, 3.8) is 0 Å². The van der Waals surface area contributed by atoms with Gasteiger partial charge in [0, 0.05) is 46.2 Å². The Balaban J connectivity index is 1.97. The number of rotatable bonds is 1. The van der Waals surface area contributed by atoms with Crippen molar-refractivity contribution in [1.82, 2.24) is 9.47 Å². The molecule has 0 aliphatic carbocycles. The van der Waals surface area contributed by atoms with Crippen LogP contribution in [-0.4, -0.2) is 29.0 Å². The number of halogens is 2. The number of likely N-dealkylation sites (N-methyl/N-ethyl adjacent to an activating group) is 1. The Labute approximate surface area is 150 Å². The highest BCUT2D eigenvalue weighted by atomic mass is 35.5. The molecular weight excluding hydrogens is 343 g/mol. The Morgan fingerprint density at radius 2 is 1.88 bits per heavy atom. The number of aromatic nitrogens is 1. The standard InChI is InChI=1S/C19H16Cl2N2O/c1-22-8-7-18-16(11-22)15-10-14(21)5-6-17(15)23(18)19(24)12-3-2-4-13(20)9-12/h2-6,9-10H,7-8,11H2,1H3. The zero-order valence-corrected chi connectivity index (χ0v) is 14.7. The van der Waals surface area contributed by atoms with Crippen LogP contribution in [0.25, 0.3) is 10.9 Å². The van der Waals surface area contributed by atoms with Crippen LogP contribution in [0.2, 0.25) is 10.0 Å². The van der Waals surface area contributed by atoms with E-state index in [4.69, 9.17) is 23.2 Å². The summed E-state index contributed by atoms with van der Waals surface area (Å²) in [5.74, 6) is -0.0457. The molecule has 5 heteroatoms. The summed E-state index contributed by atoms with van der Waals surface area (Å²) < 4.78 is 1.83. The van der Waals surface area contributed by atoms with Gasteiger partial charge in [-0.05, 0) is 49.0 Å². The highest BCUT2D eigenvalue weighted by molar-refractivity contribution is 6.31. The van der Waals surface area contributed by atoms with Crippen molar-refractivity contribution in [2.45, 2.75) is 13.0 Å². The first-order chi connectivity index (χ1) is 11.5. The van der Waals surface area contributed by atoms with Crippen LogP contribution in [0, 0.1) is 0 Å². The molecule has 0 bridgehead atoms. The Kier molecular flexibility index (Phi) is 3.87. The molecular formula is C19H16Cl2N2O. The van der Waals surface area contributed by atoms with E-state index in [1.807, 2.05) is 22.8 Å². The predicted octanol–water partition coefficient (Wildman–Crippen LogP) is 4.62. The largest absolute Gasteiger partial charge is 0.302 e. The van der Waals surface area contributed by atoms with Crippen molar-refractivity contribution in [2.24, 2.45) is 0 Å². The van der Waals surface area contributed by atoms with Crippen LogP contribution in [0.1, 0.15) is 21.6 Å². The summed E-state index contributed by atoms with van der Waals surface area (Å²) >= 11 is 12.3. The fourth-order valence-electron chi connectivity index (χ4n) is 3.45. The van der Waals surface area contributed by atoms with Crippen LogP contribution in [0.5, 0.6) is 0 Å². The molecule has 0 saturated carbocycles. The number of fused-ring (bicyclic) bond motifs is 3. The van der Waals surface area contributed by atoms with E-state index >= 15 is 0 Å². The van der Waals surface area contributed by atoms with Gasteiger partial charge < -0.3 is 4.90 Å². The van der Waals surface area contributed by atoms with Crippen molar-refractivity contribution < 1.29 is 4.79 Å². The third-order valence-electron chi connectivity index (χ3n) is 4.58. The summed E-state index contributed by atoms with van der Waals surface area (Å²) in [6.45, 7) is 1.75. The predicted molar refractivity (Wildman–Crippen MR) is 98.2 cm³/mol. The highest BCUT2D eigenvalue weighted by Gasteiger charge is 2.26. The Bertz CT molecular complexity index is 961. The minimum absolute atomic E-state index is 0.0457. The number of hydrogen-bond acceptors (Lipinski definition) is 2. The summed E-state index contributed by atoms with van der Waals surface area (Å²) in [5.41, 5.74) is 3.77. The van der Waals surface area contributed by atoms with Crippen LogP contribution in [0.3, 0.4) is 0 Å². The first kappa shape index (κ1) is 15.7. The van der Waals surface area contributed by atoms with Crippen LogP contribution in [0.15, 0.2) is 42.5 Å². The Hall–Kier alpha value is -1.81. The van der Waals surface area contributed by atoms with Crippen molar-refractivity contribution in [1.29, 1.82) is 0 Å². The van der Waals surface area contributed by atoms with Gasteiger partial charge in [-0.2, -0.15) is 0 Å². The molecule has 122 valence electrons. The van der Waals surface area contributed by atoms with Gasteiger partial charge in [0.15, 0.2) is 0 Å². The molecule has 0 saturated heterocycles. The maximum atomic E-state index is 13.2.